The lowest BCUT2D eigenvalue weighted by Crippen LogP contribution is -2.27. The summed E-state index contributed by atoms with van der Waals surface area (Å²) in [5.74, 6) is -0.900. The molecule has 6 nitrogen and oxygen atoms in total. The van der Waals surface area contributed by atoms with E-state index in [1.807, 2.05) is 27.7 Å². The highest BCUT2D eigenvalue weighted by molar-refractivity contribution is 7.09. The highest BCUT2D eigenvalue weighted by Gasteiger charge is 2.22. The number of hydrogen-bond acceptors (Lipinski definition) is 6. The van der Waals surface area contributed by atoms with Gasteiger partial charge in [-0.3, -0.25) is 14.4 Å². The van der Waals surface area contributed by atoms with Crippen LogP contribution in [0.25, 0.3) is 0 Å². The van der Waals surface area contributed by atoms with Crippen LogP contribution in [0.4, 0.5) is 5.69 Å². The first-order valence-electron chi connectivity index (χ1n) is 8.62. The minimum atomic E-state index is -0.896. The van der Waals surface area contributed by atoms with Crippen LogP contribution >= 0.6 is 11.3 Å². The zero-order chi connectivity index (χ0) is 20.2. The SMILES string of the molecule is Cc1nc(CC(=O)O[C@H](C)C(=O)c2ccc(NC(=O)C(C)(C)C)cc2)cs1. The number of Topliss-reactive ketones (excluding diaryl/α,β-unsaturated/α-hetero) is 1. The van der Waals surface area contributed by atoms with Gasteiger partial charge in [0.25, 0.3) is 0 Å². The third-order valence-corrected chi connectivity index (χ3v) is 4.60. The number of amides is 1. The Kier molecular flexibility index (Phi) is 6.49. The van der Waals surface area contributed by atoms with E-state index < -0.39 is 17.5 Å². The molecule has 0 aliphatic carbocycles. The molecule has 2 aromatic rings. The molecule has 7 heteroatoms. The van der Waals surface area contributed by atoms with E-state index in [0.717, 1.165) is 5.01 Å². The van der Waals surface area contributed by atoms with Crippen molar-refractivity contribution in [2.24, 2.45) is 5.41 Å². The van der Waals surface area contributed by atoms with Crippen LogP contribution in [0, 0.1) is 12.3 Å². The molecule has 0 spiro atoms. The number of ketones is 1. The van der Waals surface area contributed by atoms with E-state index in [4.69, 9.17) is 4.74 Å². The van der Waals surface area contributed by atoms with Crippen LogP contribution in [0.3, 0.4) is 0 Å². The van der Waals surface area contributed by atoms with Crippen molar-refractivity contribution < 1.29 is 19.1 Å². The quantitative estimate of drug-likeness (QED) is 0.601. The van der Waals surface area contributed by atoms with E-state index >= 15 is 0 Å². The lowest BCUT2D eigenvalue weighted by atomic mass is 9.95. The minimum absolute atomic E-state index is 0.0414. The summed E-state index contributed by atoms with van der Waals surface area (Å²) in [4.78, 5) is 40.6. The number of aromatic nitrogens is 1. The Bertz CT molecular complexity index is 834. The van der Waals surface area contributed by atoms with Crippen molar-refractivity contribution in [3.63, 3.8) is 0 Å². The average Bonchev–Trinajstić information content (AvgIpc) is 2.98. The van der Waals surface area contributed by atoms with Crippen LogP contribution in [0.1, 0.15) is 48.8 Å². The molecule has 1 N–H and O–H groups in total. The molecule has 1 aromatic carbocycles. The van der Waals surface area contributed by atoms with Crippen molar-refractivity contribution in [2.45, 2.75) is 47.1 Å². The third kappa shape index (κ3) is 5.99. The Morgan fingerprint density at radius 1 is 1.19 bits per heavy atom. The van der Waals surface area contributed by atoms with E-state index in [2.05, 4.69) is 10.3 Å². The molecule has 0 saturated carbocycles. The fourth-order valence-electron chi connectivity index (χ4n) is 2.20. The van der Waals surface area contributed by atoms with Crippen molar-refractivity contribution in [3.05, 3.63) is 45.9 Å². The van der Waals surface area contributed by atoms with E-state index in [1.54, 1.807) is 36.6 Å². The van der Waals surface area contributed by atoms with Crippen LogP contribution in [-0.2, 0) is 20.7 Å². The summed E-state index contributed by atoms with van der Waals surface area (Å²) in [6.07, 6.45) is -0.855. The van der Waals surface area contributed by atoms with E-state index in [9.17, 15) is 14.4 Å². The van der Waals surface area contributed by atoms with Crippen molar-refractivity contribution in [1.29, 1.82) is 0 Å². The predicted octanol–water partition coefficient (Wildman–Crippen LogP) is 3.79. The number of ether oxygens (including phenoxy) is 1. The van der Waals surface area contributed by atoms with Gasteiger partial charge in [-0.1, -0.05) is 20.8 Å². The minimum Gasteiger partial charge on any atom is -0.454 e. The first kappa shape index (κ1) is 20.8. The average molecular weight is 388 g/mol. The zero-order valence-corrected chi connectivity index (χ0v) is 17.0. The van der Waals surface area contributed by atoms with Crippen LogP contribution in [-0.4, -0.2) is 28.7 Å². The van der Waals surface area contributed by atoms with Crippen LogP contribution in [0.2, 0.25) is 0 Å². The largest absolute Gasteiger partial charge is 0.454 e. The molecule has 144 valence electrons. The fourth-order valence-corrected chi connectivity index (χ4v) is 2.81. The molecule has 1 atom stereocenters. The molecule has 1 heterocycles. The van der Waals surface area contributed by atoms with E-state index in [1.165, 1.54) is 11.3 Å². The second-order valence-electron chi connectivity index (χ2n) is 7.31. The molecule has 0 fully saturated rings. The van der Waals surface area contributed by atoms with Crippen molar-refractivity contribution >= 4 is 34.7 Å². The second-order valence-corrected chi connectivity index (χ2v) is 8.37. The van der Waals surface area contributed by atoms with Gasteiger partial charge < -0.3 is 10.1 Å². The Hall–Kier alpha value is -2.54. The first-order valence-corrected chi connectivity index (χ1v) is 9.50. The van der Waals surface area contributed by atoms with Crippen molar-refractivity contribution in [1.82, 2.24) is 4.98 Å². The van der Waals surface area contributed by atoms with Gasteiger partial charge in [0.05, 0.1) is 17.1 Å². The number of nitrogens with zero attached hydrogens (tertiary/aromatic N) is 1. The molecule has 0 saturated heterocycles. The van der Waals surface area contributed by atoms with Gasteiger partial charge >= 0.3 is 5.97 Å². The number of carbonyl (C=O) groups excluding carboxylic acids is 3. The van der Waals surface area contributed by atoms with Gasteiger partial charge in [0, 0.05) is 22.0 Å². The number of rotatable bonds is 6. The predicted molar refractivity (Wildman–Crippen MR) is 105 cm³/mol. The zero-order valence-electron chi connectivity index (χ0n) is 16.2. The third-order valence-electron chi connectivity index (χ3n) is 3.78. The summed E-state index contributed by atoms with van der Waals surface area (Å²) in [6.45, 7) is 8.87. The molecular weight excluding hydrogens is 364 g/mol. The van der Waals surface area contributed by atoms with Gasteiger partial charge in [-0.15, -0.1) is 11.3 Å². The number of nitrogens with one attached hydrogen (secondary N) is 1. The summed E-state index contributed by atoms with van der Waals surface area (Å²) in [5, 5.41) is 5.47. The molecule has 27 heavy (non-hydrogen) atoms. The van der Waals surface area contributed by atoms with Gasteiger partial charge in [0.2, 0.25) is 11.7 Å². The summed E-state index contributed by atoms with van der Waals surface area (Å²) < 4.78 is 5.23. The molecule has 0 unspecified atom stereocenters. The van der Waals surface area contributed by atoms with Crippen LogP contribution in [0.5, 0.6) is 0 Å². The summed E-state index contributed by atoms with van der Waals surface area (Å²) >= 11 is 1.46. The monoisotopic (exact) mass is 388 g/mol. The number of esters is 1. The van der Waals surface area contributed by atoms with Gasteiger partial charge in [-0.25, -0.2) is 4.98 Å². The number of hydrogen-bond donors (Lipinski definition) is 1. The molecule has 0 aliphatic rings. The summed E-state index contributed by atoms with van der Waals surface area (Å²) in [6, 6.07) is 6.52. The van der Waals surface area contributed by atoms with Gasteiger partial charge in [0.1, 0.15) is 0 Å². The fraction of sp³-hybridized carbons (Fsp3) is 0.400. The van der Waals surface area contributed by atoms with Gasteiger partial charge in [0.15, 0.2) is 6.10 Å². The summed E-state index contributed by atoms with van der Waals surface area (Å²) in [7, 11) is 0. The molecular formula is C20H24N2O4S. The number of thiazole rings is 1. The molecule has 0 bridgehead atoms. The Morgan fingerprint density at radius 2 is 1.81 bits per heavy atom. The van der Waals surface area contributed by atoms with Crippen molar-refractivity contribution in [2.75, 3.05) is 5.32 Å². The number of benzene rings is 1. The lowest BCUT2D eigenvalue weighted by Gasteiger charge is -2.18. The molecule has 0 radical (unpaired) electrons. The van der Waals surface area contributed by atoms with Gasteiger partial charge in [-0.2, -0.15) is 0 Å². The van der Waals surface area contributed by atoms with Crippen molar-refractivity contribution in [3.8, 4) is 0 Å². The maximum absolute atomic E-state index is 12.5. The lowest BCUT2D eigenvalue weighted by molar-refractivity contribution is -0.145. The van der Waals surface area contributed by atoms with Gasteiger partial charge in [-0.05, 0) is 38.1 Å². The molecule has 0 aliphatic heterocycles. The molecule has 1 aromatic heterocycles. The molecule has 2 rings (SSSR count). The number of carbonyl (C=O) groups is 3. The second kappa shape index (κ2) is 8.43. The van der Waals surface area contributed by atoms with E-state index in [0.29, 0.717) is 16.9 Å². The Morgan fingerprint density at radius 3 is 2.33 bits per heavy atom. The van der Waals surface area contributed by atoms with Crippen LogP contribution in [0.15, 0.2) is 29.6 Å². The Labute approximate surface area is 163 Å². The van der Waals surface area contributed by atoms with Crippen LogP contribution < -0.4 is 5.32 Å². The smallest absolute Gasteiger partial charge is 0.312 e. The first-order chi connectivity index (χ1) is 12.6. The number of anilines is 1. The standard InChI is InChI=1S/C20H24N2O4S/c1-12(26-17(23)10-16-11-27-13(2)21-16)18(24)14-6-8-15(9-7-14)22-19(25)20(3,4)5/h6-9,11-12H,10H2,1-5H3,(H,22,25)/t12-/m1/s1. The Balaban J connectivity index is 1.94. The highest BCUT2D eigenvalue weighted by atomic mass is 32.1. The normalized spacial score (nSPS) is 12.3. The maximum atomic E-state index is 12.5. The summed E-state index contributed by atoms with van der Waals surface area (Å²) in [5.41, 5.74) is 1.15. The maximum Gasteiger partial charge on any atom is 0.312 e. The number of aryl methyl sites for hydroxylation is 1. The topological polar surface area (TPSA) is 85.4 Å². The highest BCUT2D eigenvalue weighted by Crippen LogP contribution is 2.18. The van der Waals surface area contributed by atoms with E-state index in [-0.39, 0.29) is 18.1 Å². The molecule has 1 amide bonds.